The number of benzene rings is 1. The molecule has 19 heavy (non-hydrogen) atoms. The molecule has 0 fully saturated rings. The summed E-state index contributed by atoms with van der Waals surface area (Å²) in [5.41, 5.74) is 8.93. The van der Waals surface area contributed by atoms with E-state index in [-0.39, 0.29) is 6.04 Å². The van der Waals surface area contributed by atoms with Crippen LogP contribution in [0.2, 0.25) is 0 Å². The van der Waals surface area contributed by atoms with Crippen molar-refractivity contribution in [1.82, 2.24) is 4.90 Å². The van der Waals surface area contributed by atoms with Crippen LogP contribution in [0.15, 0.2) is 24.3 Å². The van der Waals surface area contributed by atoms with Crippen molar-refractivity contribution in [3.05, 3.63) is 35.4 Å². The zero-order valence-corrected chi connectivity index (χ0v) is 13.2. The molecule has 2 N–H and O–H groups in total. The van der Waals surface area contributed by atoms with E-state index in [4.69, 9.17) is 5.73 Å². The minimum Gasteiger partial charge on any atom is -0.323 e. The summed E-state index contributed by atoms with van der Waals surface area (Å²) in [6, 6.07) is 9.47. The van der Waals surface area contributed by atoms with Gasteiger partial charge in [0.1, 0.15) is 0 Å². The van der Waals surface area contributed by atoms with Gasteiger partial charge in [0.15, 0.2) is 0 Å². The zero-order valence-electron chi connectivity index (χ0n) is 13.2. The normalized spacial score (nSPS) is 14.9. The van der Waals surface area contributed by atoms with E-state index in [0.29, 0.717) is 12.0 Å². The van der Waals surface area contributed by atoms with E-state index in [1.807, 2.05) is 0 Å². The van der Waals surface area contributed by atoms with E-state index in [1.165, 1.54) is 24.0 Å². The molecule has 0 bridgehead atoms. The van der Waals surface area contributed by atoms with Crippen molar-refractivity contribution < 1.29 is 0 Å². The Balaban J connectivity index is 2.60. The Labute approximate surface area is 119 Å². The Morgan fingerprint density at radius 3 is 2.05 bits per heavy atom. The Bertz CT molecular complexity index is 356. The lowest BCUT2D eigenvalue weighted by atomic mass is 9.99. The number of nitrogens with two attached hydrogens (primary N) is 1. The second-order valence-electron chi connectivity index (χ2n) is 6.01. The van der Waals surface area contributed by atoms with Crippen molar-refractivity contribution in [3.8, 4) is 0 Å². The van der Waals surface area contributed by atoms with Crippen LogP contribution in [0.25, 0.3) is 0 Å². The number of likely N-dealkylation sites (N-methyl/N-ethyl adjacent to an activating group) is 1. The summed E-state index contributed by atoms with van der Waals surface area (Å²) in [4.78, 5) is 2.37. The molecule has 0 radical (unpaired) electrons. The van der Waals surface area contributed by atoms with Crippen LogP contribution >= 0.6 is 0 Å². The number of hydrogen-bond acceptors (Lipinski definition) is 2. The van der Waals surface area contributed by atoms with Crippen molar-refractivity contribution in [2.75, 3.05) is 13.6 Å². The summed E-state index contributed by atoms with van der Waals surface area (Å²) in [6.45, 7) is 9.86. The molecule has 0 spiro atoms. The van der Waals surface area contributed by atoms with Crippen molar-refractivity contribution in [2.45, 2.75) is 58.5 Å². The number of rotatable bonds is 7. The van der Waals surface area contributed by atoms with Gasteiger partial charge in [0.2, 0.25) is 0 Å². The summed E-state index contributed by atoms with van der Waals surface area (Å²) >= 11 is 0. The molecule has 0 aliphatic carbocycles. The molecule has 108 valence electrons. The van der Waals surface area contributed by atoms with E-state index >= 15 is 0 Å². The van der Waals surface area contributed by atoms with Crippen LogP contribution in [0.1, 0.15) is 63.6 Å². The first kappa shape index (κ1) is 16.2. The van der Waals surface area contributed by atoms with Crippen LogP contribution in [0.4, 0.5) is 0 Å². The van der Waals surface area contributed by atoms with Gasteiger partial charge in [-0.15, -0.1) is 0 Å². The molecule has 2 nitrogen and oxygen atoms in total. The lowest BCUT2D eigenvalue weighted by Crippen LogP contribution is -2.35. The van der Waals surface area contributed by atoms with Crippen molar-refractivity contribution in [2.24, 2.45) is 5.73 Å². The summed E-state index contributed by atoms with van der Waals surface area (Å²) in [5, 5.41) is 0. The monoisotopic (exact) mass is 262 g/mol. The molecular weight excluding hydrogens is 232 g/mol. The van der Waals surface area contributed by atoms with Crippen LogP contribution in [-0.2, 0) is 0 Å². The van der Waals surface area contributed by atoms with Gasteiger partial charge in [-0.25, -0.2) is 0 Å². The first-order valence-corrected chi connectivity index (χ1v) is 7.51. The van der Waals surface area contributed by atoms with Gasteiger partial charge in [-0.05, 0) is 37.4 Å². The third-order valence-corrected chi connectivity index (χ3v) is 3.97. The highest BCUT2D eigenvalue weighted by molar-refractivity contribution is 5.26. The van der Waals surface area contributed by atoms with Crippen LogP contribution < -0.4 is 5.73 Å². The van der Waals surface area contributed by atoms with Gasteiger partial charge in [0.25, 0.3) is 0 Å². The highest BCUT2D eigenvalue weighted by atomic mass is 15.1. The zero-order chi connectivity index (χ0) is 14.4. The molecule has 0 aromatic heterocycles. The van der Waals surface area contributed by atoms with Crippen LogP contribution in [0, 0.1) is 0 Å². The summed E-state index contributed by atoms with van der Waals surface area (Å²) in [5.74, 6) is 0.581. The van der Waals surface area contributed by atoms with Gasteiger partial charge in [-0.2, -0.15) is 0 Å². The maximum Gasteiger partial charge on any atom is 0.0424 e. The van der Waals surface area contributed by atoms with Gasteiger partial charge in [0.05, 0.1) is 0 Å². The maximum atomic E-state index is 6.31. The molecule has 0 aliphatic rings. The second kappa shape index (κ2) is 7.66. The summed E-state index contributed by atoms with van der Waals surface area (Å²) in [6.07, 6.45) is 2.46. The smallest absolute Gasteiger partial charge is 0.0424 e. The molecular formula is C17H30N2. The molecule has 2 unspecified atom stereocenters. The second-order valence-corrected chi connectivity index (χ2v) is 6.01. The Morgan fingerprint density at radius 1 is 1.05 bits per heavy atom. The maximum absolute atomic E-state index is 6.31. The standard InChI is InChI=1S/C17H30N2/c1-6-7-14(4)19(5)12-17(18)16-10-8-15(9-11-16)13(2)3/h8-11,13-14,17H,6-7,12,18H2,1-5H3. The number of nitrogens with zero attached hydrogens (tertiary/aromatic N) is 1. The fourth-order valence-corrected chi connectivity index (χ4v) is 2.36. The van der Waals surface area contributed by atoms with Gasteiger partial charge >= 0.3 is 0 Å². The molecule has 1 aromatic carbocycles. The minimum absolute atomic E-state index is 0.102. The fourth-order valence-electron chi connectivity index (χ4n) is 2.36. The fraction of sp³-hybridized carbons (Fsp3) is 0.647. The van der Waals surface area contributed by atoms with E-state index in [9.17, 15) is 0 Å². The predicted molar refractivity (Wildman–Crippen MR) is 84.5 cm³/mol. The SMILES string of the molecule is CCCC(C)N(C)CC(N)c1ccc(C(C)C)cc1. The molecule has 0 heterocycles. The van der Waals surface area contributed by atoms with Gasteiger partial charge in [0, 0.05) is 18.6 Å². The highest BCUT2D eigenvalue weighted by Crippen LogP contribution is 2.19. The summed E-state index contributed by atoms with van der Waals surface area (Å²) in [7, 11) is 2.17. The topological polar surface area (TPSA) is 29.3 Å². The minimum atomic E-state index is 0.102. The molecule has 2 atom stereocenters. The van der Waals surface area contributed by atoms with Crippen LogP contribution in [0.3, 0.4) is 0 Å². The average Bonchev–Trinajstić information content (AvgIpc) is 2.38. The Hall–Kier alpha value is -0.860. The van der Waals surface area contributed by atoms with Crippen LogP contribution in [0.5, 0.6) is 0 Å². The highest BCUT2D eigenvalue weighted by Gasteiger charge is 2.13. The quantitative estimate of drug-likeness (QED) is 0.806. The Morgan fingerprint density at radius 2 is 1.58 bits per heavy atom. The van der Waals surface area contributed by atoms with Crippen LogP contribution in [-0.4, -0.2) is 24.5 Å². The lowest BCUT2D eigenvalue weighted by molar-refractivity contribution is 0.231. The van der Waals surface area contributed by atoms with Crippen molar-refractivity contribution in [1.29, 1.82) is 0 Å². The molecule has 0 saturated heterocycles. The van der Waals surface area contributed by atoms with Crippen molar-refractivity contribution in [3.63, 3.8) is 0 Å². The Kier molecular flexibility index (Phi) is 6.53. The van der Waals surface area contributed by atoms with E-state index in [1.54, 1.807) is 0 Å². The predicted octanol–water partition coefficient (Wildman–Crippen LogP) is 3.93. The van der Waals surface area contributed by atoms with Gasteiger partial charge < -0.3 is 10.6 Å². The van der Waals surface area contributed by atoms with E-state index in [0.717, 1.165) is 6.54 Å². The molecule has 1 rings (SSSR count). The first-order chi connectivity index (χ1) is 8.95. The lowest BCUT2D eigenvalue weighted by Gasteiger charge is -2.27. The van der Waals surface area contributed by atoms with E-state index < -0.39 is 0 Å². The van der Waals surface area contributed by atoms with E-state index in [2.05, 4.69) is 63.9 Å². The summed E-state index contributed by atoms with van der Waals surface area (Å²) < 4.78 is 0. The molecule has 1 aromatic rings. The first-order valence-electron chi connectivity index (χ1n) is 7.51. The van der Waals surface area contributed by atoms with Gasteiger partial charge in [-0.3, -0.25) is 0 Å². The molecule has 0 saturated carbocycles. The number of hydrogen-bond donors (Lipinski definition) is 1. The molecule has 2 heteroatoms. The molecule has 0 aliphatic heterocycles. The van der Waals surface area contributed by atoms with Gasteiger partial charge in [-0.1, -0.05) is 51.5 Å². The van der Waals surface area contributed by atoms with Crippen molar-refractivity contribution >= 4 is 0 Å². The average molecular weight is 262 g/mol. The third kappa shape index (κ3) is 4.96. The largest absolute Gasteiger partial charge is 0.323 e. The third-order valence-electron chi connectivity index (χ3n) is 3.97. The molecule has 0 amide bonds.